The predicted molar refractivity (Wildman–Crippen MR) is 135 cm³/mol. The van der Waals surface area contributed by atoms with E-state index in [-0.39, 0.29) is 18.6 Å². The third kappa shape index (κ3) is 5.85. The maximum Gasteiger partial charge on any atom is 0.258 e. The second-order valence-corrected chi connectivity index (χ2v) is 9.06. The summed E-state index contributed by atoms with van der Waals surface area (Å²) in [4.78, 5) is 12.5. The third-order valence-electron chi connectivity index (χ3n) is 5.45. The molecule has 1 N–H and O–H groups in total. The fourth-order valence-electron chi connectivity index (χ4n) is 3.52. The number of hydrogen-bond donors (Lipinski definition) is 1. The SMILES string of the molecule is Cc1ccc(-n2c(SCc3ccccc3C)nnc2C(C)NC(=O)COc2ccccc2)cc1. The second kappa shape index (κ2) is 11.0. The third-order valence-corrected chi connectivity index (χ3v) is 6.42. The molecule has 3 aromatic carbocycles. The van der Waals surface area contributed by atoms with E-state index >= 15 is 0 Å². The van der Waals surface area contributed by atoms with Gasteiger partial charge in [0.15, 0.2) is 17.6 Å². The lowest BCUT2D eigenvalue weighted by Crippen LogP contribution is -2.32. The fraction of sp³-hybridized carbons (Fsp3) is 0.222. The lowest BCUT2D eigenvalue weighted by atomic mass is 10.1. The van der Waals surface area contributed by atoms with Crippen LogP contribution in [0, 0.1) is 13.8 Å². The van der Waals surface area contributed by atoms with Crippen LogP contribution in [0.15, 0.2) is 84.0 Å². The summed E-state index contributed by atoms with van der Waals surface area (Å²) < 4.78 is 7.60. The fourth-order valence-corrected chi connectivity index (χ4v) is 4.55. The Kier molecular flexibility index (Phi) is 7.65. The zero-order valence-electron chi connectivity index (χ0n) is 19.6. The molecule has 4 aromatic rings. The van der Waals surface area contributed by atoms with Crippen LogP contribution in [-0.2, 0) is 10.5 Å². The highest BCUT2D eigenvalue weighted by molar-refractivity contribution is 7.98. The number of carbonyl (C=O) groups excluding carboxylic acids is 1. The summed E-state index contributed by atoms with van der Waals surface area (Å²) >= 11 is 1.63. The number of rotatable bonds is 9. The first-order chi connectivity index (χ1) is 16.5. The molecule has 1 unspecified atom stereocenters. The van der Waals surface area contributed by atoms with Crippen molar-refractivity contribution in [3.05, 3.63) is 101 Å². The standard InChI is InChI=1S/C27H28N4O2S/c1-19-13-15-23(16-14-19)31-26(21(3)28-25(32)17-33-24-11-5-4-6-12-24)29-30-27(31)34-18-22-10-8-7-9-20(22)2/h4-16,21H,17-18H2,1-3H3,(H,28,32). The van der Waals surface area contributed by atoms with E-state index in [0.717, 1.165) is 16.6 Å². The molecule has 174 valence electrons. The first-order valence-electron chi connectivity index (χ1n) is 11.2. The summed E-state index contributed by atoms with van der Waals surface area (Å²) in [5.41, 5.74) is 4.63. The Labute approximate surface area is 204 Å². The molecule has 0 fully saturated rings. The first-order valence-corrected chi connectivity index (χ1v) is 12.2. The van der Waals surface area contributed by atoms with Crippen molar-refractivity contribution in [1.29, 1.82) is 0 Å². The van der Waals surface area contributed by atoms with Crippen LogP contribution in [-0.4, -0.2) is 27.3 Å². The molecule has 4 rings (SSSR count). The van der Waals surface area contributed by atoms with Gasteiger partial charge in [0.25, 0.3) is 5.91 Å². The van der Waals surface area contributed by atoms with Gasteiger partial charge in [-0.15, -0.1) is 10.2 Å². The highest BCUT2D eigenvalue weighted by atomic mass is 32.2. The van der Waals surface area contributed by atoms with Crippen molar-refractivity contribution in [3.8, 4) is 11.4 Å². The van der Waals surface area contributed by atoms with E-state index < -0.39 is 0 Å². The number of ether oxygens (including phenoxy) is 1. The van der Waals surface area contributed by atoms with E-state index in [1.165, 1.54) is 16.7 Å². The molecule has 0 aliphatic heterocycles. The molecule has 7 heteroatoms. The number of thioether (sulfide) groups is 1. The van der Waals surface area contributed by atoms with E-state index in [9.17, 15) is 4.79 Å². The number of para-hydroxylation sites is 1. The van der Waals surface area contributed by atoms with Crippen LogP contribution < -0.4 is 10.1 Å². The van der Waals surface area contributed by atoms with E-state index in [4.69, 9.17) is 4.74 Å². The smallest absolute Gasteiger partial charge is 0.258 e. The maximum atomic E-state index is 12.5. The van der Waals surface area contributed by atoms with Gasteiger partial charge in [-0.2, -0.15) is 0 Å². The monoisotopic (exact) mass is 472 g/mol. The number of aryl methyl sites for hydroxylation is 2. The summed E-state index contributed by atoms with van der Waals surface area (Å²) in [6, 6.07) is 25.5. The molecule has 0 saturated carbocycles. The normalized spacial score (nSPS) is 11.7. The minimum Gasteiger partial charge on any atom is -0.484 e. The van der Waals surface area contributed by atoms with Crippen LogP contribution in [0.25, 0.3) is 5.69 Å². The molecule has 0 saturated heterocycles. The summed E-state index contributed by atoms with van der Waals surface area (Å²) in [5.74, 6) is 1.89. The minimum absolute atomic E-state index is 0.0675. The topological polar surface area (TPSA) is 69.0 Å². The van der Waals surface area contributed by atoms with Crippen molar-refractivity contribution in [1.82, 2.24) is 20.1 Å². The molecule has 34 heavy (non-hydrogen) atoms. The summed E-state index contributed by atoms with van der Waals surface area (Å²) in [7, 11) is 0. The van der Waals surface area contributed by atoms with E-state index in [1.54, 1.807) is 11.8 Å². The molecule has 0 radical (unpaired) electrons. The van der Waals surface area contributed by atoms with Crippen LogP contribution >= 0.6 is 11.8 Å². The highest BCUT2D eigenvalue weighted by Gasteiger charge is 2.21. The number of benzene rings is 3. The molecule has 0 aliphatic rings. The zero-order chi connectivity index (χ0) is 23.9. The van der Waals surface area contributed by atoms with Gasteiger partial charge in [-0.05, 0) is 56.2 Å². The lowest BCUT2D eigenvalue weighted by Gasteiger charge is -2.17. The van der Waals surface area contributed by atoms with Crippen molar-refractivity contribution in [3.63, 3.8) is 0 Å². The van der Waals surface area contributed by atoms with Gasteiger partial charge in [0.2, 0.25) is 0 Å². The highest BCUT2D eigenvalue weighted by Crippen LogP contribution is 2.28. The quantitative estimate of drug-likeness (QED) is 0.329. The van der Waals surface area contributed by atoms with Gasteiger partial charge in [-0.1, -0.05) is 71.9 Å². The van der Waals surface area contributed by atoms with Gasteiger partial charge in [0.1, 0.15) is 5.75 Å². The Bertz CT molecular complexity index is 1240. The molecule has 1 atom stereocenters. The minimum atomic E-state index is -0.353. The van der Waals surface area contributed by atoms with Gasteiger partial charge >= 0.3 is 0 Å². The number of amides is 1. The Morgan fingerprint density at radius 1 is 0.971 bits per heavy atom. The summed E-state index contributed by atoms with van der Waals surface area (Å²) in [6.45, 7) is 6.01. The van der Waals surface area contributed by atoms with Crippen molar-refractivity contribution >= 4 is 17.7 Å². The van der Waals surface area contributed by atoms with Crippen LogP contribution in [0.2, 0.25) is 0 Å². The van der Waals surface area contributed by atoms with Gasteiger partial charge in [-0.3, -0.25) is 9.36 Å². The van der Waals surface area contributed by atoms with Gasteiger partial charge < -0.3 is 10.1 Å². The number of nitrogens with zero attached hydrogens (tertiary/aromatic N) is 3. The Morgan fingerprint density at radius 3 is 2.41 bits per heavy atom. The first kappa shape index (κ1) is 23.6. The molecule has 6 nitrogen and oxygen atoms in total. The van der Waals surface area contributed by atoms with Crippen molar-refractivity contribution in [2.75, 3.05) is 6.61 Å². The molecule has 1 heterocycles. The number of nitrogens with one attached hydrogen (secondary N) is 1. The average Bonchev–Trinajstić information content (AvgIpc) is 3.27. The van der Waals surface area contributed by atoms with Gasteiger partial charge in [0, 0.05) is 11.4 Å². The second-order valence-electron chi connectivity index (χ2n) is 8.12. The van der Waals surface area contributed by atoms with Crippen molar-refractivity contribution in [2.24, 2.45) is 0 Å². The number of aromatic nitrogens is 3. The van der Waals surface area contributed by atoms with Gasteiger partial charge in [0.05, 0.1) is 6.04 Å². The van der Waals surface area contributed by atoms with Crippen LogP contribution in [0.4, 0.5) is 0 Å². The van der Waals surface area contributed by atoms with E-state index in [0.29, 0.717) is 11.6 Å². The number of hydrogen-bond acceptors (Lipinski definition) is 5. The Balaban J connectivity index is 1.53. The van der Waals surface area contributed by atoms with E-state index in [2.05, 4.69) is 53.6 Å². The molecule has 1 amide bonds. The van der Waals surface area contributed by atoms with Crippen LogP contribution in [0.5, 0.6) is 5.75 Å². The van der Waals surface area contributed by atoms with E-state index in [1.807, 2.05) is 66.1 Å². The van der Waals surface area contributed by atoms with Crippen molar-refractivity contribution < 1.29 is 9.53 Å². The molecule has 0 spiro atoms. The Morgan fingerprint density at radius 2 is 1.68 bits per heavy atom. The zero-order valence-corrected chi connectivity index (χ0v) is 20.4. The molecular formula is C27H28N4O2S. The largest absolute Gasteiger partial charge is 0.484 e. The lowest BCUT2D eigenvalue weighted by molar-refractivity contribution is -0.123. The summed E-state index contributed by atoms with van der Waals surface area (Å²) in [6.07, 6.45) is 0. The van der Waals surface area contributed by atoms with Gasteiger partial charge in [-0.25, -0.2) is 0 Å². The maximum absolute atomic E-state index is 12.5. The molecule has 0 bridgehead atoms. The predicted octanol–water partition coefficient (Wildman–Crippen LogP) is 5.43. The van der Waals surface area contributed by atoms with Crippen molar-refractivity contribution in [2.45, 2.75) is 37.7 Å². The Hall–Kier alpha value is -3.58. The van der Waals surface area contributed by atoms with Crippen LogP contribution in [0.1, 0.15) is 35.5 Å². The molecule has 0 aliphatic carbocycles. The number of carbonyl (C=O) groups is 1. The van der Waals surface area contributed by atoms with Crippen LogP contribution in [0.3, 0.4) is 0 Å². The molecule has 1 aromatic heterocycles. The summed E-state index contributed by atoms with van der Waals surface area (Å²) in [5, 5.41) is 12.7. The molecular weight excluding hydrogens is 444 g/mol. The average molecular weight is 473 g/mol.